The first-order valence-corrected chi connectivity index (χ1v) is 9.90. The minimum Gasteiger partial charge on any atom is -0.0591 e. The van der Waals surface area contributed by atoms with E-state index >= 15 is 0 Å². The summed E-state index contributed by atoms with van der Waals surface area (Å²) in [6, 6.07) is 9.06. The van der Waals surface area contributed by atoms with Gasteiger partial charge in [0.1, 0.15) is 0 Å². The summed E-state index contributed by atoms with van der Waals surface area (Å²) in [5.41, 5.74) is 2.88. The van der Waals surface area contributed by atoms with Gasteiger partial charge in [0, 0.05) is 0 Å². The minimum absolute atomic E-state index is 1.10. The average molecular weight is 301 g/mol. The third-order valence-electron chi connectivity index (χ3n) is 5.42. The molecule has 0 spiro atoms. The molecule has 0 atom stereocenters. The minimum atomic E-state index is 1.10. The van der Waals surface area contributed by atoms with Crippen molar-refractivity contribution in [2.45, 2.75) is 96.8 Å². The van der Waals surface area contributed by atoms with Gasteiger partial charge in [-0.05, 0) is 31.2 Å². The van der Waals surface area contributed by atoms with Crippen LogP contribution in [0.2, 0.25) is 0 Å². The van der Waals surface area contributed by atoms with Crippen molar-refractivity contribution in [1.29, 1.82) is 0 Å². The van der Waals surface area contributed by atoms with Crippen molar-refractivity contribution in [3.8, 4) is 0 Å². The van der Waals surface area contributed by atoms with Crippen LogP contribution in [0.1, 0.15) is 94.6 Å². The third-order valence-corrected chi connectivity index (χ3v) is 5.42. The van der Waals surface area contributed by atoms with Gasteiger partial charge >= 0.3 is 0 Å². The molecule has 0 unspecified atom stereocenters. The third kappa shape index (κ3) is 7.47. The Balaban J connectivity index is 1.34. The van der Waals surface area contributed by atoms with E-state index < -0.39 is 0 Å². The van der Waals surface area contributed by atoms with Gasteiger partial charge in [0.15, 0.2) is 0 Å². The SMILES string of the molecule is Cc1ccc(CCCCCCCCCCC2CCCC2)cc1. The van der Waals surface area contributed by atoms with Crippen molar-refractivity contribution in [3.63, 3.8) is 0 Å². The van der Waals surface area contributed by atoms with E-state index in [1.54, 1.807) is 0 Å². The van der Waals surface area contributed by atoms with E-state index in [0.29, 0.717) is 0 Å². The molecule has 1 aromatic carbocycles. The molecule has 1 aromatic rings. The van der Waals surface area contributed by atoms with E-state index in [1.165, 1.54) is 101 Å². The van der Waals surface area contributed by atoms with E-state index in [9.17, 15) is 0 Å². The molecule has 1 fully saturated rings. The monoisotopic (exact) mass is 300 g/mol. The highest BCUT2D eigenvalue weighted by Crippen LogP contribution is 2.29. The number of hydrogen-bond donors (Lipinski definition) is 0. The molecular formula is C22H36. The fraction of sp³-hybridized carbons (Fsp3) is 0.727. The Morgan fingerprint density at radius 3 is 1.91 bits per heavy atom. The van der Waals surface area contributed by atoms with Crippen molar-refractivity contribution >= 4 is 0 Å². The first kappa shape index (κ1) is 17.6. The molecular weight excluding hydrogens is 264 g/mol. The van der Waals surface area contributed by atoms with E-state index in [0.717, 1.165) is 5.92 Å². The molecule has 124 valence electrons. The van der Waals surface area contributed by atoms with Crippen molar-refractivity contribution in [3.05, 3.63) is 35.4 Å². The Kier molecular flexibility index (Phi) is 8.68. The van der Waals surface area contributed by atoms with Gasteiger partial charge < -0.3 is 0 Å². The van der Waals surface area contributed by atoms with Crippen LogP contribution >= 0.6 is 0 Å². The molecule has 1 aliphatic rings. The predicted molar refractivity (Wildman–Crippen MR) is 98.4 cm³/mol. The van der Waals surface area contributed by atoms with Crippen LogP contribution in [-0.4, -0.2) is 0 Å². The van der Waals surface area contributed by atoms with Crippen LogP contribution in [0.15, 0.2) is 24.3 Å². The summed E-state index contributed by atoms with van der Waals surface area (Å²) < 4.78 is 0. The van der Waals surface area contributed by atoms with Gasteiger partial charge in [-0.3, -0.25) is 0 Å². The van der Waals surface area contributed by atoms with E-state index in [1.807, 2.05) is 0 Å². The lowest BCUT2D eigenvalue weighted by atomic mass is 9.98. The number of rotatable bonds is 11. The number of unbranched alkanes of at least 4 members (excludes halogenated alkanes) is 7. The van der Waals surface area contributed by atoms with Crippen LogP contribution in [0.5, 0.6) is 0 Å². The Labute approximate surface area is 138 Å². The summed E-state index contributed by atoms with van der Waals surface area (Å²) in [6.45, 7) is 2.16. The van der Waals surface area contributed by atoms with Crippen LogP contribution < -0.4 is 0 Å². The summed E-state index contributed by atoms with van der Waals surface area (Å²) in [5, 5.41) is 0. The molecule has 0 aliphatic heterocycles. The van der Waals surface area contributed by atoms with Crippen molar-refractivity contribution < 1.29 is 0 Å². The molecule has 1 aliphatic carbocycles. The lowest BCUT2D eigenvalue weighted by molar-refractivity contribution is 0.460. The maximum Gasteiger partial charge on any atom is -0.0279 e. The topological polar surface area (TPSA) is 0 Å². The predicted octanol–water partition coefficient (Wildman–Crippen LogP) is 7.24. The second kappa shape index (κ2) is 10.9. The normalized spacial score (nSPS) is 15.5. The zero-order valence-electron chi connectivity index (χ0n) is 14.8. The second-order valence-corrected chi connectivity index (χ2v) is 7.50. The molecule has 0 aromatic heterocycles. The molecule has 0 N–H and O–H groups in total. The zero-order valence-corrected chi connectivity index (χ0v) is 14.8. The highest BCUT2D eigenvalue weighted by atomic mass is 14.2. The fourth-order valence-electron chi connectivity index (χ4n) is 3.88. The van der Waals surface area contributed by atoms with Gasteiger partial charge in [0.25, 0.3) is 0 Å². The summed E-state index contributed by atoms with van der Waals surface area (Å²) >= 11 is 0. The summed E-state index contributed by atoms with van der Waals surface area (Å²) in [6.07, 6.45) is 20.5. The van der Waals surface area contributed by atoms with Crippen molar-refractivity contribution in [2.75, 3.05) is 0 Å². The van der Waals surface area contributed by atoms with Gasteiger partial charge in [-0.1, -0.05) is 107 Å². The van der Waals surface area contributed by atoms with Crippen LogP contribution in [0.25, 0.3) is 0 Å². The molecule has 22 heavy (non-hydrogen) atoms. The van der Waals surface area contributed by atoms with Crippen LogP contribution in [0.3, 0.4) is 0 Å². The Morgan fingerprint density at radius 2 is 1.27 bits per heavy atom. The van der Waals surface area contributed by atoms with E-state index in [2.05, 4.69) is 31.2 Å². The maximum atomic E-state index is 2.29. The van der Waals surface area contributed by atoms with Crippen molar-refractivity contribution in [1.82, 2.24) is 0 Å². The van der Waals surface area contributed by atoms with E-state index in [-0.39, 0.29) is 0 Å². The smallest absolute Gasteiger partial charge is 0.0279 e. The quantitative estimate of drug-likeness (QED) is 0.378. The molecule has 2 rings (SSSR count). The standard InChI is InChI=1S/C22H36/c1-20-16-18-22(19-17-20)13-9-7-5-3-2-4-6-8-12-21-14-10-11-15-21/h16-19,21H,2-15H2,1H3. The molecule has 0 bridgehead atoms. The zero-order chi connectivity index (χ0) is 15.5. The second-order valence-electron chi connectivity index (χ2n) is 7.50. The number of aryl methyl sites for hydroxylation is 2. The van der Waals surface area contributed by atoms with Crippen molar-refractivity contribution in [2.24, 2.45) is 5.92 Å². The lowest BCUT2D eigenvalue weighted by Crippen LogP contribution is -1.92. The maximum absolute atomic E-state index is 2.29. The fourth-order valence-corrected chi connectivity index (χ4v) is 3.88. The first-order chi connectivity index (χ1) is 10.8. The molecule has 1 saturated carbocycles. The largest absolute Gasteiger partial charge is 0.0591 e. The Morgan fingerprint density at radius 1 is 0.727 bits per heavy atom. The molecule has 0 nitrogen and oxygen atoms in total. The molecule has 0 heterocycles. The van der Waals surface area contributed by atoms with Gasteiger partial charge in [-0.25, -0.2) is 0 Å². The summed E-state index contributed by atoms with van der Waals surface area (Å²) in [5.74, 6) is 1.10. The average Bonchev–Trinajstić information content (AvgIpc) is 3.04. The van der Waals surface area contributed by atoms with E-state index in [4.69, 9.17) is 0 Å². The number of benzene rings is 1. The van der Waals surface area contributed by atoms with Gasteiger partial charge in [0.2, 0.25) is 0 Å². The lowest BCUT2D eigenvalue weighted by Gasteiger charge is -2.08. The van der Waals surface area contributed by atoms with Gasteiger partial charge in [-0.15, -0.1) is 0 Å². The van der Waals surface area contributed by atoms with Crippen LogP contribution in [0, 0.1) is 12.8 Å². The first-order valence-electron chi connectivity index (χ1n) is 9.90. The molecule has 0 saturated heterocycles. The van der Waals surface area contributed by atoms with Crippen LogP contribution in [-0.2, 0) is 6.42 Å². The highest BCUT2D eigenvalue weighted by Gasteiger charge is 2.13. The van der Waals surface area contributed by atoms with Gasteiger partial charge in [0.05, 0.1) is 0 Å². The Bertz CT molecular complexity index is 370. The molecule has 0 heteroatoms. The molecule has 0 amide bonds. The Hall–Kier alpha value is -0.780. The van der Waals surface area contributed by atoms with Crippen LogP contribution in [0.4, 0.5) is 0 Å². The molecule has 0 radical (unpaired) electrons. The van der Waals surface area contributed by atoms with Gasteiger partial charge in [-0.2, -0.15) is 0 Å². The number of hydrogen-bond acceptors (Lipinski definition) is 0. The summed E-state index contributed by atoms with van der Waals surface area (Å²) in [4.78, 5) is 0. The summed E-state index contributed by atoms with van der Waals surface area (Å²) in [7, 11) is 0. The highest BCUT2D eigenvalue weighted by molar-refractivity contribution is 5.21.